The molecule has 0 radical (unpaired) electrons. The highest BCUT2D eigenvalue weighted by atomic mass is 32.2. The Morgan fingerprint density at radius 3 is 2.56 bits per heavy atom. The number of fused-ring (bicyclic) bond motifs is 3. The summed E-state index contributed by atoms with van der Waals surface area (Å²) in [6.07, 6.45) is 1.05. The second-order valence-electron chi connectivity index (χ2n) is 6.72. The highest BCUT2D eigenvalue weighted by Crippen LogP contribution is 2.46. The first-order valence-electron chi connectivity index (χ1n) is 8.72. The van der Waals surface area contributed by atoms with Crippen molar-refractivity contribution in [2.45, 2.75) is 42.4 Å². The third-order valence-electron chi connectivity index (χ3n) is 5.14. The van der Waals surface area contributed by atoms with E-state index in [1.165, 1.54) is 10.4 Å². The van der Waals surface area contributed by atoms with Gasteiger partial charge in [-0.15, -0.1) is 0 Å². The molecule has 0 amide bonds. The van der Waals surface area contributed by atoms with E-state index >= 15 is 0 Å². The van der Waals surface area contributed by atoms with Gasteiger partial charge in [-0.2, -0.15) is 4.21 Å². The quantitative estimate of drug-likeness (QED) is 0.723. The van der Waals surface area contributed by atoms with Crippen LogP contribution in [0.15, 0.2) is 53.4 Å². The standard InChI is InChI=1S/C18H17NO6S2/c20-26-24-16-10-5-7-13(18(16)25-26)19-12-6-1-2-8-14(12)23-15-9-3-4-11-17(15)27(19,21)22/h1-4,6,8-9,11,13,16,18H,5,7,10H2/t13-,16-,18+,26?/m1/s1. The summed E-state index contributed by atoms with van der Waals surface area (Å²) in [4.78, 5) is 0.100. The summed E-state index contributed by atoms with van der Waals surface area (Å²) in [5, 5.41) is 0. The van der Waals surface area contributed by atoms with Crippen LogP contribution >= 0.6 is 0 Å². The molecule has 0 N–H and O–H groups in total. The van der Waals surface area contributed by atoms with E-state index in [1.807, 2.05) is 0 Å². The van der Waals surface area contributed by atoms with Gasteiger partial charge in [0.15, 0.2) is 5.75 Å². The molecule has 1 saturated carbocycles. The molecule has 0 bridgehead atoms. The predicted molar refractivity (Wildman–Crippen MR) is 98.2 cm³/mol. The second-order valence-corrected chi connectivity index (χ2v) is 9.29. The van der Waals surface area contributed by atoms with E-state index in [0.717, 1.165) is 6.42 Å². The number of hydrogen-bond donors (Lipinski definition) is 0. The van der Waals surface area contributed by atoms with E-state index < -0.39 is 33.5 Å². The smallest absolute Gasteiger partial charge is 0.305 e. The maximum atomic E-state index is 13.6. The van der Waals surface area contributed by atoms with Crippen LogP contribution in [0.4, 0.5) is 5.69 Å². The van der Waals surface area contributed by atoms with Gasteiger partial charge in [-0.1, -0.05) is 24.3 Å². The normalized spacial score (nSPS) is 31.2. The van der Waals surface area contributed by atoms with E-state index in [-0.39, 0.29) is 16.7 Å². The van der Waals surface area contributed by atoms with Crippen LogP contribution < -0.4 is 9.04 Å². The Labute approximate surface area is 159 Å². The Bertz CT molecular complexity index is 1020. The van der Waals surface area contributed by atoms with Crippen molar-refractivity contribution >= 4 is 27.1 Å². The topological polar surface area (TPSA) is 82.1 Å². The molecule has 0 aromatic heterocycles. The molecule has 2 aromatic carbocycles. The molecular weight excluding hydrogens is 390 g/mol. The largest absolute Gasteiger partial charge is 0.454 e. The van der Waals surface area contributed by atoms with Crippen LogP contribution in [0.5, 0.6) is 11.5 Å². The van der Waals surface area contributed by atoms with Crippen molar-refractivity contribution in [3.63, 3.8) is 0 Å². The zero-order valence-corrected chi connectivity index (χ0v) is 15.8. The average molecular weight is 407 g/mol. The van der Waals surface area contributed by atoms with Crippen molar-refractivity contribution in [2.24, 2.45) is 0 Å². The number of anilines is 1. The molecule has 2 heterocycles. The minimum absolute atomic E-state index is 0.100. The lowest BCUT2D eigenvalue weighted by Crippen LogP contribution is -2.52. The number of para-hydroxylation sites is 3. The SMILES string of the molecule is O=S1O[C@H]2[C@H](N3c4ccccc4Oc4ccccc4S3(=O)=O)CCC[C@H]2O1. The highest BCUT2D eigenvalue weighted by Gasteiger charge is 2.50. The molecule has 2 aliphatic heterocycles. The summed E-state index contributed by atoms with van der Waals surface area (Å²) >= 11 is -1.85. The van der Waals surface area contributed by atoms with Crippen LogP contribution in [-0.2, 0) is 29.8 Å². The predicted octanol–water partition coefficient (Wildman–Crippen LogP) is 2.90. The monoisotopic (exact) mass is 407 g/mol. The van der Waals surface area contributed by atoms with Crippen molar-refractivity contribution in [3.05, 3.63) is 48.5 Å². The van der Waals surface area contributed by atoms with Crippen molar-refractivity contribution in [3.8, 4) is 11.5 Å². The van der Waals surface area contributed by atoms with Crippen LogP contribution in [-0.4, -0.2) is 30.9 Å². The van der Waals surface area contributed by atoms with Crippen molar-refractivity contribution < 1.29 is 25.7 Å². The summed E-state index contributed by atoms with van der Waals surface area (Å²) in [7, 11) is -3.91. The first-order valence-corrected chi connectivity index (χ1v) is 11.2. The van der Waals surface area contributed by atoms with Gasteiger partial charge in [0.25, 0.3) is 10.0 Å². The lowest BCUT2D eigenvalue weighted by atomic mass is 9.90. The van der Waals surface area contributed by atoms with E-state index in [0.29, 0.717) is 24.3 Å². The van der Waals surface area contributed by atoms with Crippen LogP contribution in [0.2, 0.25) is 0 Å². The van der Waals surface area contributed by atoms with Crippen molar-refractivity contribution in [2.75, 3.05) is 4.31 Å². The Morgan fingerprint density at radius 2 is 1.70 bits per heavy atom. The van der Waals surface area contributed by atoms with Crippen LogP contribution in [0.1, 0.15) is 19.3 Å². The zero-order valence-electron chi connectivity index (χ0n) is 14.2. The maximum Gasteiger partial charge on any atom is 0.305 e. The Kier molecular flexibility index (Phi) is 4.01. The van der Waals surface area contributed by atoms with E-state index in [1.54, 1.807) is 42.5 Å². The minimum atomic E-state index is -3.91. The highest BCUT2D eigenvalue weighted by molar-refractivity contribution is 7.93. The second kappa shape index (κ2) is 6.30. The molecule has 3 aliphatic rings. The van der Waals surface area contributed by atoms with Crippen molar-refractivity contribution in [1.82, 2.24) is 0 Å². The van der Waals surface area contributed by atoms with Gasteiger partial charge >= 0.3 is 11.4 Å². The van der Waals surface area contributed by atoms with Gasteiger partial charge in [0.1, 0.15) is 22.9 Å². The van der Waals surface area contributed by atoms with Gasteiger partial charge in [0, 0.05) is 0 Å². The molecule has 7 nitrogen and oxygen atoms in total. The fourth-order valence-electron chi connectivity index (χ4n) is 3.98. The molecule has 4 atom stereocenters. The van der Waals surface area contributed by atoms with E-state index in [9.17, 15) is 12.6 Å². The van der Waals surface area contributed by atoms with Crippen LogP contribution in [0.25, 0.3) is 0 Å². The van der Waals surface area contributed by atoms with Gasteiger partial charge in [-0.3, -0.25) is 12.7 Å². The Hall–Kier alpha value is -1.94. The minimum Gasteiger partial charge on any atom is -0.454 e. The van der Waals surface area contributed by atoms with Gasteiger partial charge in [-0.25, -0.2) is 8.42 Å². The fourth-order valence-corrected chi connectivity index (χ4v) is 6.69. The lowest BCUT2D eigenvalue weighted by Gasteiger charge is -2.38. The third-order valence-corrected chi connectivity index (χ3v) is 7.80. The molecule has 1 unspecified atom stereocenters. The number of ether oxygens (including phenoxy) is 1. The first-order chi connectivity index (χ1) is 13.1. The molecule has 2 fully saturated rings. The van der Waals surface area contributed by atoms with E-state index in [2.05, 4.69) is 0 Å². The summed E-state index contributed by atoms with van der Waals surface area (Å²) in [5.41, 5.74) is 0.445. The third kappa shape index (κ3) is 2.68. The maximum absolute atomic E-state index is 13.6. The molecule has 27 heavy (non-hydrogen) atoms. The van der Waals surface area contributed by atoms with Crippen LogP contribution in [0, 0.1) is 0 Å². The molecule has 142 valence electrons. The summed E-state index contributed by atoms with van der Waals surface area (Å²) in [6, 6.07) is 13.1. The number of nitrogens with zero attached hydrogens (tertiary/aromatic N) is 1. The fraction of sp³-hybridized carbons (Fsp3) is 0.333. The Balaban J connectivity index is 1.71. The lowest BCUT2D eigenvalue weighted by molar-refractivity contribution is 0.0937. The van der Waals surface area contributed by atoms with Gasteiger partial charge in [0.2, 0.25) is 0 Å². The summed E-state index contributed by atoms with van der Waals surface area (Å²) < 4.78 is 57.2. The zero-order chi connectivity index (χ0) is 18.6. The number of sulfonamides is 1. The molecule has 5 rings (SSSR count). The number of rotatable bonds is 1. The number of benzene rings is 2. The average Bonchev–Trinajstić information content (AvgIpc) is 3.00. The van der Waals surface area contributed by atoms with Crippen LogP contribution in [0.3, 0.4) is 0 Å². The molecular formula is C18H17NO6S2. The van der Waals surface area contributed by atoms with E-state index in [4.69, 9.17) is 13.1 Å². The summed E-state index contributed by atoms with van der Waals surface area (Å²) in [5.74, 6) is 0.736. The van der Waals surface area contributed by atoms with Gasteiger partial charge in [0.05, 0.1) is 11.7 Å². The van der Waals surface area contributed by atoms with Gasteiger partial charge < -0.3 is 4.74 Å². The molecule has 1 aliphatic carbocycles. The summed E-state index contributed by atoms with van der Waals surface area (Å²) in [6.45, 7) is 0. The molecule has 1 saturated heterocycles. The molecule has 9 heteroatoms. The van der Waals surface area contributed by atoms with Gasteiger partial charge in [-0.05, 0) is 43.5 Å². The molecule has 2 aromatic rings. The first kappa shape index (κ1) is 17.2. The molecule has 0 spiro atoms. The number of hydrogen-bond acceptors (Lipinski definition) is 6. The van der Waals surface area contributed by atoms with Crippen molar-refractivity contribution in [1.29, 1.82) is 0 Å². The Morgan fingerprint density at radius 1 is 0.963 bits per heavy atom.